The third kappa shape index (κ3) is 5.53. The molecule has 2 aliphatic heterocycles. The third-order valence-electron chi connectivity index (χ3n) is 8.30. The summed E-state index contributed by atoms with van der Waals surface area (Å²) in [6.07, 6.45) is 3.38. The van der Waals surface area contributed by atoms with Gasteiger partial charge in [-0.1, -0.05) is 6.07 Å². The molecule has 2 aromatic rings. The summed E-state index contributed by atoms with van der Waals surface area (Å²) in [6, 6.07) is 5.87. The van der Waals surface area contributed by atoms with E-state index in [0.29, 0.717) is 31.8 Å². The van der Waals surface area contributed by atoms with Crippen molar-refractivity contribution >= 4 is 17.8 Å². The molecule has 1 unspecified atom stereocenters. The number of rotatable bonds is 7. The summed E-state index contributed by atoms with van der Waals surface area (Å²) in [5.74, 6) is -3.93. The lowest BCUT2D eigenvalue weighted by molar-refractivity contribution is -0.147. The molecular formula is C30H33F3N2O5. The molecule has 7 nitrogen and oxygen atoms in total. The number of hydrogen-bond acceptors (Lipinski definition) is 5. The van der Waals surface area contributed by atoms with Crippen molar-refractivity contribution in [3.8, 4) is 5.75 Å². The van der Waals surface area contributed by atoms with E-state index in [2.05, 4.69) is 0 Å². The summed E-state index contributed by atoms with van der Waals surface area (Å²) >= 11 is 0. The highest BCUT2D eigenvalue weighted by molar-refractivity contribution is 5.97. The number of nitrogens with zero attached hydrogens (tertiary/aromatic N) is 2. The largest absolute Gasteiger partial charge is 0.490 e. The summed E-state index contributed by atoms with van der Waals surface area (Å²) < 4.78 is 54.1. The first-order chi connectivity index (χ1) is 19.1. The molecule has 2 heterocycles. The maximum atomic E-state index is 14.8. The van der Waals surface area contributed by atoms with Gasteiger partial charge in [0.05, 0.1) is 18.8 Å². The van der Waals surface area contributed by atoms with Crippen molar-refractivity contribution in [3.63, 3.8) is 0 Å². The molecule has 0 N–H and O–H groups in total. The van der Waals surface area contributed by atoms with E-state index in [-0.39, 0.29) is 48.7 Å². The number of carbonyl (C=O) groups excluding carboxylic acids is 3. The molecule has 3 aliphatic rings. The van der Waals surface area contributed by atoms with Crippen LogP contribution in [0.3, 0.4) is 0 Å². The van der Waals surface area contributed by atoms with Crippen LogP contribution in [-0.4, -0.2) is 66.5 Å². The summed E-state index contributed by atoms with van der Waals surface area (Å²) in [6.45, 7) is 4.44. The van der Waals surface area contributed by atoms with Crippen LogP contribution in [0.15, 0.2) is 30.3 Å². The lowest BCUT2D eigenvalue weighted by atomic mass is 9.76. The van der Waals surface area contributed by atoms with Gasteiger partial charge < -0.3 is 19.3 Å². The van der Waals surface area contributed by atoms with Crippen molar-refractivity contribution in [1.82, 2.24) is 9.80 Å². The van der Waals surface area contributed by atoms with E-state index in [1.807, 2.05) is 0 Å². The number of amides is 2. The zero-order chi connectivity index (χ0) is 28.6. The van der Waals surface area contributed by atoms with Gasteiger partial charge in [0.2, 0.25) is 0 Å². The Labute approximate surface area is 231 Å². The first-order valence-corrected chi connectivity index (χ1v) is 13.8. The average Bonchev–Trinajstić information content (AvgIpc) is 3.70. The molecule has 0 aromatic heterocycles. The fourth-order valence-electron chi connectivity index (χ4n) is 5.66. The Hall–Kier alpha value is -3.56. The molecule has 1 saturated carbocycles. The highest BCUT2D eigenvalue weighted by Gasteiger charge is 2.51. The summed E-state index contributed by atoms with van der Waals surface area (Å²) in [5.41, 5.74) is -0.578. The van der Waals surface area contributed by atoms with E-state index < -0.39 is 46.7 Å². The van der Waals surface area contributed by atoms with Crippen molar-refractivity contribution in [3.05, 3.63) is 64.5 Å². The Morgan fingerprint density at radius 2 is 1.73 bits per heavy atom. The third-order valence-corrected chi connectivity index (χ3v) is 8.30. The predicted octanol–water partition coefficient (Wildman–Crippen LogP) is 4.90. The number of esters is 1. The van der Waals surface area contributed by atoms with Crippen molar-refractivity contribution in [2.75, 3.05) is 32.8 Å². The number of piperidine rings is 1. The second kappa shape index (κ2) is 11.1. The standard InChI is InChI=1S/C30H33F3N2O5/c1-3-39-29(38)23-15-30(10-12-34(13-11-30)28(37)21-8-4-18(2)25(32)26(21)33)17-35(23)27(36)20-7-9-24(22(31)14-20)40-16-19-5-6-19/h4,7-9,14,19,23H,3,5-6,10-13,15-17H2,1-2H3. The van der Waals surface area contributed by atoms with Gasteiger partial charge >= 0.3 is 5.97 Å². The van der Waals surface area contributed by atoms with Crippen LogP contribution in [0.2, 0.25) is 0 Å². The van der Waals surface area contributed by atoms with Crippen molar-refractivity contribution in [2.24, 2.45) is 11.3 Å². The minimum absolute atomic E-state index is 0.0882. The Balaban J connectivity index is 1.30. The number of aryl methyl sites for hydroxylation is 1. The lowest BCUT2D eigenvalue weighted by Crippen LogP contribution is -2.45. The number of likely N-dealkylation sites (tertiary alicyclic amines) is 2. The molecule has 3 fully saturated rings. The van der Waals surface area contributed by atoms with E-state index in [9.17, 15) is 27.6 Å². The molecule has 1 spiro atoms. The van der Waals surface area contributed by atoms with E-state index >= 15 is 0 Å². The minimum Gasteiger partial charge on any atom is -0.490 e. The molecule has 214 valence electrons. The molecule has 2 amide bonds. The Morgan fingerprint density at radius 1 is 1.00 bits per heavy atom. The van der Waals surface area contributed by atoms with Crippen molar-refractivity contribution in [1.29, 1.82) is 0 Å². The van der Waals surface area contributed by atoms with Gasteiger partial charge in [-0.05, 0) is 87.1 Å². The molecule has 5 rings (SSSR count). The van der Waals surface area contributed by atoms with Gasteiger partial charge in [-0.25, -0.2) is 18.0 Å². The maximum Gasteiger partial charge on any atom is 0.328 e. The van der Waals surface area contributed by atoms with Gasteiger partial charge in [0, 0.05) is 25.2 Å². The molecule has 0 radical (unpaired) electrons. The van der Waals surface area contributed by atoms with Crippen LogP contribution in [0.5, 0.6) is 5.75 Å². The van der Waals surface area contributed by atoms with Crippen LogP contribution < -0.4 is 4.74 Å². The van der Waals surface area contributed by atoms with Crippen molar-refractivity contribution in [2.45, 2.75) is 52.0 Å². The number of ether oxygens (including phenoxy) is 2. The molecule has 10 heteroatoms. The zero-order valence-corrected chi connectivity index (χ0v) is 22.7. The first kappa shape index (κ1) is 28.0. The smallest absolute Gasteiger partial charge is 0.328 e. The lowest BCUT2D eigenvalue weighted by Gasteiger charge is -2.39. The Morgan fingerprint density at radius 3 is 2.38 bits per heavy atom. The monoisotopic (exact) mass is 558 g/mol. The van der Waals surface area contributed by atoms with Crippen LogP contribution in [-0.2, 0) is 9.53 Å². The molecular weight excluding hydrogens is 525 g/mol. The van der Waals surface area contributed by atoms with Crippen LogP contribution >= 0.6 is 0 Å². The number of hydrogen-bond donors (Lipinski definition) is 0. The summed E-state index contributed by atoms with van der Waals surface area (Å²) in [5, 5.41) is 0. The summed E-state index contributed by atoms with van der Waals surface area (Å²) in [4.78, 5) is 42.3. The van der Waals surface area contributed by atoms with Crippen LogP contribution in [0.4, 0.5) is 13.2 Å². The van der Waals surface area contributed by atoms with Crippen LogP contribution in [0.1, 0.15) is 65.3 Å². The zero-order valence-electron chi connectivity index (χ0n) is 22.7. The normalized spacial score (nSPS) is 20.1. The average molecular weight is 559 g/mol. The van der Waals surface area contributed by atoms with Gasteiger partial charge in [0.25, 0.3) is 11.8 Å². The minimum atomic E-state index is -1.17. The van der Waals surface area contributed by atoms with E-state index in [0.717, 1.165) is 18.9 Å². The molecule has 40 heavy (non-hydrogen) atoms. The van der Waals surface area contributed by atoms with E-state index in [4.69, 9.17) is 9.47 Å². The number of halogens is 3. The fraction of sp³-hybridized carbons (Fsp3) is 0.500. The first-order valence-electron chi connectivity index (χ1n) is 13.8. The Kier molecular flexibility index (Phi) is 7.79. The fourth-order valence-corrected chi connectivity index (χ4v) is 5.66. The van der Waals surface area contributed by atoms with Crippen LogP contribution in [0.25, 0.3) is 0 Å². The molecule has 1 atom stereocenters. The molecule has 2 saturated heterocycles. The van der Waals surface area contributed by atoms with Gasteiger partial charge in [-0.15, -0.1) is 0 Å². The molecule has 0 bridgehead atoms. The Bertz CT molecular complexity index is 1320. The maximum absolute atomic E-state index is 14.8. The van der Waals surface area contributed by atoms with Crippen molar-refractivity contribution < 1.29 is 37.0 Å². The molecule has 1 aliphatic carbocycles. The van der Waals surface area contributed by atoms with Gasteiger partial charge in [-0.2, -0.15) is 0 Å². The number of benzene rings is 2. The van der Waals surface area contributed by atoms with E-state index in [1.54, 1.807) is 6.92 Å². The van der Waals surface area contributed by atoms with Crippen LogP contribution in [0, 0.1) is 35.7 Å². The second-order valence-corrected chi connectivity index (χ2v) is 11.2. The molecule has 2 aromatic carbocycles. The van der Waals surface area contributed by atoms with Gasteiger partial charge in [0.1, 0.15) is 6.04 Å². The highest BCUT2D eigenvalue weighted by atomic mass is 19.2. The summed E-state index contributed by atoms with van der Waals surface area (Å²) in [7, 11) is 0. The van der Waals surface area contributed by atoms with Gasteiger partial charge in [0.15, 0.2) is 23.2 Å². The van der Waals surface area contributed by atoms with Gasteiger partial charge in [-0.3, -0.25) is 9.59 Å². The predicted molar refractivity (Wildman–Crippen MR) is 139 cm³/mol. The quantitative estimate of drug-likeness (QED) is 0.452. The number of carbonyl (C=O) groups is 3. The SMILES string of the molecule is CCOC(=O)C1CC2(CCN(C(=O)c3ccc(C)c(F)c3F)CC2)CN1C(=O)c1ccc(OCC2CC2)c(F)c1. The van der Waals surface area contributed by atoms with E-state index in [1.165, 1.54) is 41.0 Å². The highest BCUT2D eigenvalue weighted by Crippen LogP contribution is 2.44. The topological polar surface area (TPSA) is 76.2 Å². The second-order valence-electron chi connectivity index (χ2n) is 11.2.